The molecule has 0 radical (unpaired) electrons. The van der Waals surface area contributed by atoms with Gasteiger partial charge in [0.2, 0.25) is 17.8 Å². The summed E-state index contributed by atoms with van der Waals surface area (Å²) in [7, 11) is 0. The molecule has 12 nitrogen and oxygen atoms in total. The molecule has 1 heterocycles. The number of halogens is 3. The number of carboxylic acids is 1. The van der Waals surface area contributed by atoms with Crippen molar-refractivity contribution in [3.8, 4) is 0 Å². The van der Waals surface area contributed by atoms with Gasteiger partial charge in [-0.15, -0.1) is 0 Å². The van der Waals surface area contributed by atoms with Gasteiger partial charge in [0.05, 0.1) is 12.6 Å². The van der Waals surface area contributed by atoms with Gasteiger partial charge >= 0.3 is 18.4 Å². The van der Waals surface area contributed by atoms with Gasteiger partial charge in [0, 0.05) is 25.6 Å². The Hall–Kier alpha value is -3.59. The Morgan fingerprint density at radius 3 is 2.28 bits per heavy atom. The van der Waals surface area contributed by atoms with Crippen molar-refractivity contribution in [1.82, 2.24) is 20.9 Å². The Morgan fingerprint density at radius 1 is 1.02 bits per heavy atom. The number of nitrogens with two attached hydrogens (primary N) is 1. The van der Waals surface area contributed by atoms with E-state index in [1.165, 1.54) is 4.90 Å². The monoisotopic (exact) mass is 614 g/mol. The summed E-state index contributed by atoms with van der Waals surface area (Å²) in [5.41, 5.74) is 6.53. The molecule has 1 aromatic carbocycles. The molecule has 2 amide bonds. The number of nitrogens with zero attached hydrogens (tertiary/aromatic N) is 2. The highest BCUT2D eigenvalue weighted by Gasteiger charge is 2.41. The number of guanidine groups is 1. The van der Waals surface area contributed by atoms with Crippen LogP contribution in [-0.2, 0) is 25.6 Å². The standard InChI is InChI=1S/C28H41F3N6O6/c29-28(30,31)26(42)43-36-27(32)37-13-11-20(12-14-37)34-25(41)22(16-19-9-5-2-6-10-19)35-24(40)21(33-17-23(38)39)15-18-7-3-1-4-8-18/h2,5-6,9-10,18,20-22,26,33,42H,1,3-4,7-8,11-17H2,(H2,32,36)(H,34,41)(H,35,40)(H,38,39)/t21-,22+,26?/m1/s1. The number of aliphatic carboxylic acids is 1. The van der Waals surface area contributed by atoms with Crippen LogP contribution in [-0.4, -0.2) is 89.1 Å². The fourth-order valence-corrected chi connectivity index (χ4v) is 5.36. The normalized spacial score (nSPS) is 19.3. The van der Waals surface area contributed by atoms with E-state index in [1.807, 2.05) is 30.3 Å². The first-order chi connectivity index (χ1) is 20.4. The molecule has 43 heavy (non-hydrogen) atoms. The molecular weight excluding hydrogens is 573 g/mol. The highest BCUT2D eigenvalue weighted by Crippen LogP contribution is 2.27. The van der Waals surface area contributed by atoms with Gasteiger partial charge in [-0.25, -0.2) is 0 Å². The number of nitrogens with one attached hydrogen (secondary N) is 3. The molecule has 2 fully saturated rings. The van der Waals surface area contributed by atoms with E-state index >= 15 is 0 Å². The highest BCUT2D eigenvalue weighted by molar-refractivity contribution is 5.90. The minimum atomic E-state index is -5.00. The molecule has 7 N–H and O–H groups in total. The number of carbonyl (C=O) groups is 3. The topological polar surface area (TPSA) is 179 Å². The number of carbonyl (C=O) groups excluding carboxylic acids is 2. The van der Waals surface area contributed by atoms with Gasteiger partial charge in [-0.1, -0.05) is 62.4 Å². The summed E-state index contributed by atoms with van der Waals surface area (Å²) in [5, 5.41) is 29.9. The smallest absolute Gasteiger partial charge is 0.454 e. The van der Waals surface area contributed by atoms with E-state index in [9.17, 15) is 32.7 Å². The summed E-state index contributed by atoms with van der Waals surface area (Å²) in [6, 6.07) is 7.16. The van der Waals surface area contributed by atoms with Crippen molar-refractivity contribution in [2.45, 2.75) is 88.4 Å². The Kier molecular flexibility index (Phi) is 12.9. The molecule has 1 saturated carbocycles. The third-order valence-electron chi connectivity index (χ3n) is 7.72. The molecule has 240 valence electrons. The van der Waals surface area contributed by atoms with E-state index in [4.69, 9.17) is 10.8 Å². The van der Waals surface area contributed by atoms with Crippen molar-refractivity contribution < 1.29 is 42.6 Å². The van der Waals surface area contributed by atoms with Crippen LogP contribution in [0.4, 0.5) is 13.2 Å². The number of hydrogen-bond acceptors (Lipinski definition) is 7. The molecule has 1 unspecified atom stereocenters. The number of amides is 2. The molecule has 3 atom stereocenters. The zero-order valence-corrected chi connectivity index (χ0v) is 23.9. The number of benzene rings is 1. The third-order valence-corrected chi connectivity index (χ3v) is 7.72. The maximum Gasteiger partial charge on any atom is 0.454 e. The van der Waals surface area contributed by atoms with E-state index in [0.717, 1.165) is 37.7 Å². The Bertz CT molecular complexity index is 1080. The van der Waals surface area contributed by atoms with E-state index in [1.54, 1.807) is 0 Å². The average molecular weight is 615 g/mol. The number of alkyl halides is 3. The Morgan fingerprint density at radius 2 is 1.67 bits per heavy atom. The summed E-state index contributed by atoms with van der Waals surface area (Å²) in [5.74, 6) is -1.98. The van der Waals surface area contributed by atoms with Crippen molar-refractivity contribution in [2.24, 2.45) is 16.8 Å². The number of piperidine rings is 1. The molecule has 2 aliphatic rings. The molecule has 15 heteroatoms. The fourth-order valence-electron chi connectivity index (χ4n) is 5.36. The van der Waals surface area contributed by atoms with Crippen LogP contribution in [0.2, 0.25) is 0 Å². The zero-order chi connectivity index (χ0) is 31.4. The van der Waals surface area contributed by atoms with Crippen LogP contribution in [0.5, 0.6) is 0 Å². The van der Waals surface area contributed by atoms with E-state index in [2.05, 4.69) is 25.9 Å². The lowest BCUT2D eigenvalue weighted by Gasteiger charge is -2.33. The van der Waals surface area contributed by atoms with Gasteiger partial charge in [-0.2, -0.15) is 13.2 Å². The summed E-state index contributed by atoms with van der Waals surface area (Å²) in [4.78, 5) is 43.6. The summed E-state index contributed by atoms with van der Waals surface area (Å²) in [6.45, 7) is 0.125. The number of aliphatic hydroxyl groups excluding tert-OH is 1. The van der Waals surface area contributed by atoms with Crippen LogP contribution in [0.3, 0.4) is 0 Å². The Balaban J connectivity index is 1.62. The van der Waals surface area contributed by atoms with Gasteiger partial charge < -0.3 is 36.3 Å². The molecule has 1 saturated heterocycles. The number of carboxylic acid groups (broad SMARTS) is 1. The first-order valence-corrected chi connectivity index (χ1v) is 14.5. The number of rotatable bonds is 13. The minimum absolute atomic E-state index is 0.213. The largest absolute Gasteiger partial charge is 0.480 e. The first kappa shape index (κ1) is 33.9. The second-order valence-corrected chi connectivity index (χ2v) is 11.0. The average Bonchev–Trinajstić information content (AvgIpc) is 2.98. The second-order valence-electron chi connectivity index (χ2n) is 11.0. The lowest BCUT2D eigenvalue weighted by atomic mass is 9.84. The van der Waals surface area contributed by atoms with E-state index in [-0.39, 0.29) is 44.0 Å². The van der Waals surface area contributed by atoms with Crippen LogP contribution >= 0.6 is 0 Å². The first-order valence-electron chi connectivity index (χ1n) is 14.5. The fraction of sp³-hybridized carbons (Fsp3) is 0.643. The van der Waals surface area contributed by atoms with Crippen molar-refractivity contribution in [2.75, 3.05) is 19.6 Å². The number of aliphatic hydroxyl groups is 1. The van der Waals surface area contributed by atoms with Gasteiger partial charge in [-0.05, 0) is 35.9 Å². The number of oxime groups is 1. The SMILES string of the molecule is N/C(=N\OC(O)C(F)(F)F)N1CCC(NC(=O)[C@H](Cc2ccccc2)NC(=O)[C@@H](CC2CCCCC2)NCC(=O)O)CC1. The van der Waals surface area contributed by atoms with Crippen LogP contribution in [0.25, 0.3) is 0 Å². The van der Waals surface area contributed by atoms with Gasteiger partial charge in [0.15, 0.2) is 0 Å². The van der Waals surface area contributed by atoms with Crippen molar-refractivity contribution >= 4 is 23.7 Å². The Labute approximate surface area is 248 Å². The zero-order valence-electron chi connectivity index (χ0n) is 23.9. The maximum absolute atomic E-state index is 13.5. The quantitative estimate of drug-likeness (QED) is 0.0830. The summed E-state index contributed by atoms with van der Waals surface area (Å²) in [6.07, 6.45) is -1.43. The van der Waals surface area contributed by atoms with Crippen LogP contribution in [0, 0.1) is 5.92 Å². The maximum atomic E-state index is 13.5. The molecule has 1 aliphatic heterocycles. The van der Waals surface area contributed by atoms with E-state index < -0.39 is 42.3 Å². The van der Waals surface area contributed by atoms with Crippen molar-refractivity contribution in [1.29, 1.82) is 0 Å². The molecule has 0 aromatic heterocycles. The summed E-state index contributed by atoms with van der Waals surface area (Å²) < 4.78 is 37.3. The molecule has 0 spiro atoms. The van der Waals surface area contributed by atoms with Crippen LogP contribution in [0.1, 0.15) is 56.9 Å². The molecule has 3 rings (SSSR count). The van der Waals surface area contributed by atoms with Crippen LogP contribution < -0.4 is 21.7 Å². The van der Waals surface area contributed by atoms with Crippen LogP contribution in [0.15, 0.2) is 35.5 Å². The molecular formula is C28H41F3N6O6. The number of hydrogen-bond donors (Lipinski definition) is 6. The number of likely N-dealkylation sites (tertiary alicyclic amines) is 1. The molecule has 0 bridgehead atoms. The van der Waals surface area contributed by atoms with Gasteiger partial charge in [0.25, 0.3) is 0 Å². The molecule has 1 aliphatic carbocycles. The highest BCUT2D eigenvalue weighted by atomic mass is 19.4. The summed E-state index contributed by atoms with van der Waals surface area (Å²) >= 11 is 0. The van der Waals surface area contributed by atoms with Crippen molar-refractivity contribution in [3.05, 3.63) is 35.9 Å². The molecule has 1 aromatic rings. The minimum Gasteiger partial charge on any atom is -0.480 e. The lowest BCUT2D eigenvalue weighted by molar-refractivity contribution is -0.294. The predicted molar refractivity (Wildman–Crippen MR) is 150 cm³/mol. The third kappa shape index (κ3) is 11.5. The van der Waals surface area contributed by atoms with Gasteiger partial charge in [-0.3, -0.25) is 19.7 Å². The predicted octanol–water partition coefficient (Wildman–Crippen LogP) is 1.43. The van der Waals surface area contributed by atoms with Gasteiger partial charge in [0.1, 0.15) is 6.04 Å². The van der Waals surface area contributed by atoms with E-state index in [0.29, 0.717) is 19.3 Å². The lowest BCUT2D eigenvalue weighted by Crippen LogP contribution is -2.57. The second kappa shape index (κ2) is 16.3. The van der Waals surface area contributed by atoms with Crippen molar-refractivity contribution in [3.63, 3.8) is 0 Å².